The number of aliphatic hydroxyl groups is 1. The van der Waals surface area contributed by atoms with Crippen LogP contribution >= 0.6 is 0 Å². The van der Waals surface area contributed by atoms with Gasteiger partial charge in [-0.3, -0.25) is 29.3 Å². The van der Waals surface area contributed by atoms with Gasteiger partial charge < -0.3 is 52.5 Å². The van der Waals surface area contributed by atoms with Crippen molar-refractivity contribution in [2.24, 2.45) is 0 Å². The predicted octanol–water partition coefficient (Wildman–Crippen LogP) is 1.64. The van der Waals surface area contributed by atoms with E-state index in [0.29, 0.717) is 5.56 Å². The van der Waals surface area contributed by atoms with Gasteiger partial charge in [0.25, 0.3) is 5.69 Å². The molecule has 3 aliphatic rings. The van der Waals surface area contributed by atoms with E-state index in [9.17, 15) is 34.4 Å². The van der Waals surface area contributed by atoms with E-state index in [0.717, 1.165) is 27.7 Å². The molecule has 2 aromatic carbocycles. The molecule has 0 unspecified atom stereocenters. The number of aliphatic hydroxyl groups excluding tert-OH is 1. The van der Waals surface area contributed by atoms with E-state index in [4.69, 9.17) is 47.4 Å². The van der Waals surface area contributed by atoms with Crippen molar-refractivity contribution in [2.45, 2.75) is 95.4 Å². The maximum Gasteiger partial charge on any atom is 0.303 e. The molecule has 18 nitrogen and oxygen atoms in total. The number of benzene rings is 2. The van der Waals surface area contributed by atoms with E-state index in [2.05, 4.69) is 0 Å². The van der Waals surface area contributed by atoms with Gasteiger partial charge in [-0.05, 0) is 12.1 Å². The van der Waals surface area contributed by atoms with Crippen molar-refractivity contribution in [2.75, 3.05) is 13.2 Å². The molecule has 2 aromatic rings. The van der Waals surface area contributed by atoms with Crippen LogP contribution in [0.4, 0.5) is 5.69 Å². The number of nitro benzene ring substituents is 1. The minimum atomic E-state index is -1.71. The van der Waals surface area contributed by atoms with Gasteiger partial charge in [0, 0.05) is 45.4 Å². The summed E-state index contributed by atoms with van der Waals surface area (Å²) in [7, 11) is 0. The third-order valence-electron chi connectivity index (χ3n) is 7.92. The summed E-state index contributed by atoms with van der Waals surface area (Å²) in [6, 6.07) is 13.9. The molecule has 0 aromatic heterocycles. The first kappa shape index (κ1) is 37.5. The minimum absolute atomic E-state index is 0.0484. The number of hydrogen-bond acceptors (Lipinski definition) is 17. The molecule has 5 rings (SSSR count). The molecule has 276 valence electrons. The Bertz CT molecular complexity index is 1550. The highest BCUT2D eigenvalue weighted by Crippen LogP contribution is 2.38. The number of hydrogen-bond donors (Lipinski definition) is 1. The molecule has 3 heterocycles. The third kappa shape index (κ3) is 9.34. The predicted molar refractivity (Wildman–Crippen MR) is 165 cm³/mol. The Morgan fingerprint density at radius 2 is 1.41 bits per heavy atom. The fraction of sp³-hybridized carbons (Fsp3) is 0.515. The largest absolute Gasteiger partial charge is 0.463 e. The van der Waals surface area contributed by atoms with Crippen LogP contribution in [0.1, 0.15) is 39.5 Å². The molecule has 18 heteroatoms. The molecule has 51 heavy (non-hydrogen) atoms. The Morgan fingerprint density at radius 1 is 0.784 bits per heavy atom. The Hall–Kier alpha value is -4.72. The summed E-state index contributed by atoms with van der Waals surface area (Å²) in [5, 5.41) is 23.1. The van der Waals surface area contributed by atoms with Crippen molar-refractivity contribution in [1.29, 1.82) is 0 Å². The average molecular weight is 720 g/mol. The highest BCUT2D eigenvalue weighted by Gasteiger charge is 2.57. The molecule has 3 fully saturated rings. The van der Waals surface area contributed by atoms with Gasteiger partial charge in [-0.1, -0.05) is 30.3 Å². The summed E-state index contributed by atoms with van der Waals surface area (Å²) >= 11 is 0. The molecule has 0 bridgehead atoms. The standard InChI is InChI=1S/C33H37NO17/c1-16(35)42-14-24-27(44-17(2)36)29(45-18(3)37)30(46-19(4)38)33(49-24)51-28-25(39)26-23(15-43-31(50-26)20-8-6-5-7-9-20)48-32(28)47-22-12-10-21(11-13-22)34(40)41/h5-13,23-33,39H,14-15H2,1-4H3/t23-,24+,25+,26-,27+,28+,29-,30-,31-,32+,33+/m1/s1. The molecular weight excluding hydrogens is 682 g/mol. The van der Waals surface area contributed by atoms with Gasteiger partial charge in [-0.25, -0.2) is 0 Å². The topological polar surface area (TPSA) is 224 Å². The van der Waals surface area contributed by atoms with Gasteiger partial charge in [0.15, 0.2) is 37.0 Å². The molecule has 0 saturated carbocycles. The quantitative estimate of drug-likeness (QED) is 0.151. The first-order valence-corrected chi connectivity index (χ1v) is 15.8. The normalized spacial score (nSPS) is 31.7. The SMILES string of the molecule is CC(=O)OC[C@@H]1O[C@@H](O[C@@H]2[C@@H](Oc3ccc([N+](=O)[O-])cc3)O[C@@H]3CO[C@@H](c4ccccc4)O[C@H]3[C@@H]2O)[C@H](OC(C)=O)[C@H](OC(C)=O)[C@H]1OC(C)=O. The van der Waals surface area contributed by atoms with E-state index in [1.54, 1.807) is 24.3 Å². The zero-order valence-electron chi connectivity index (χ0n) is 27.9. The summed E-state index contributed by atoms with van der Waals surface area (Å²) < 4.78 is 58.2. The Morgan fingerprint density at radius 3 is 2.02 bits per heavy atom. The van der Waals surface area contributed by atoms with E-state index >= 15 is 0 Å². The van der Waals surface area contributed by atoms with E-state index < -0.39 is 103 Å². The molecule has 0 amide bonds. The van der Waals surface area contributed by atoms with Crippen LogP contribution in [0, 0.1) is 10.1 Å². The van der Waals surface area contributed by atoms with Crippen LogP contribution in [0.25, 0.3) is 0 Å². The molecule has 0 aliphatic carbocycles. The van der Waals surface area contributed by atoms with Gasteiger partial charge in [0.1, 0.15) is 36.8 Å². The van der Waals surface area contributed by atoms with Gasteiger partial charge in [0.2, 0.25) is 6.29 Å². The fourth-order valence-electron chi connectivity index (χ4n) is 5.82. The highest BCUT2D eigenvalue weighted by molar-refractivity contribution is 5.68. The zero-order valence-corrected chi connectivity index (χ0v) is 27.9. The van der Waals surface area contributed by atoms with Crippen molar-refractivity contribution in [3.8, 4) is 5.75 Å². The second-order valence-corrected chi connectivity index (χ2v) is 11.7. The maximum atomic E-state index is 12.4. The highest BCUT2D eigenvalue weighted by atomic mass is 16.8. The van der Waals surface area contributed by atoms with Gasteiger partial charge in [-0.15, -0.1) is 0 Å². The van der Waals surface area contributed by atoms with Crippen LogP contribution in [-0.4, -0.2) is 109 Å². The molecule has 0 spiro atoms. The summed E-state index contributed by atoms with van der Waals surface area (Å²) in [6.07, 6.45) is -15.1. The van der Waals surface area contributed by atoms with E-state index in [-0.39, 0.29) is 18.0 Å². The van der Waals surface area contributed by atoms with Crippen LogP contribution < -0.4 is 4.74 Å². The van der Waals surface area contributed by atoms with Crippen LogP contribution in [-0.2, 0) is 61.8 Å². The van der Waals surface area contributed by atoms with Gasteiger partial charge >= 0.3 is 23.9 Å². The summed E-state index contributed by atoms with van der Waals surface area (Å²) in [6.45, 7) is 3.78. The van der Waals surface area contributed by atoms with Crippen molar-refractivity contribution in [1.82, 2.24) is 0 Å². The zero-order chi connectivity index (χ0) is 36.8. The first-order valence-electron chi connectivity index (χ1n) is 15.8. The number of fused-ring (bicyclic) bond motifs is 1. The van der Waals surface area contributed by atoms with Gasteiger partial charge in [-0.2, -0.15) is 0 Å². The molecule has 0 radical (unpaired) electrons. The van der Waals surface area contributed by atoms with Crippen molar-refractivity contribution >= 4 is 29.6 Å². The second-order valence-electron chi connectivity index (χ2n) is 11.7. The lowest BCUT2D eigenvalue weighted by atomic mass is 9.96. The summed E-state index contributed by atoms with van der Waals surface area (Å²) in [4.78, 5) is 59.2. The fourth-order valence-corrected chi connectivity index (χ4v) is 5.82. The molecule has 3 saturated heterocycles. The average Bonchev–Trinajstić information content (AvgIpc) is 3.08. The first-order chi connectivity index (χ1) is 24.3. The molecule has 3 aliphatic heterocycles. The molecule has 11 atom stereocenters. The Labute approximate surface area is 290 Å². The maximum absolute atomic E-state index is 12.4. The number of nitrogens with zero attached hydrogens (tertiary/aromatic N) is 1. The van der Waals surface area contributed by atoms with Crippen molar-refractivity contribution < 1.29 is 76.6 Å². The number of non-ortho nitro benzene ring substituents is 1. The Kier molecular flexibility index (Phi) is 12.2. The van der Waals surface area contributed by atoms with Crippen molar-refractivity contribution in [3.05, 3.63) is 70.3 Å². The lowest BCUT2D eigenvalue weighted by Gasteiger charge is -2.49. The third-order valence-corrected chi connectivity index (χ3v) is 7.92. The number of rotatable bonds is 11. The monoisotopic (exact) mass is 719 g/mol. The molecule has 1 N–H and O–H groups in total. The second kappa shape index (κ2) is 16.5. The molecular formula is C33H37NO17. The van der Waals surface area contributed by atoms with E-state index in [1.807, 2.05) is 6.07 Å². The summed E-state index contributed by atoms with van der Waals surface area (Å²) in [5.41, 5.74) is 0.447. The minimum Gasteiger partial charge on any atom is -0.463 e. The van der Waals surface area contributed by atoms with Crippen LogP contribution in [0.15, 0.2) is 54.6 Å². The number of esters is 4. The van der Waals surface area contributed by atoms with Crippen molar-refractivity contribution in [3.63, 3.8) is 0 Å². The number of carbonyl (C=O) groups excluding carboxylic acids is 4. The number of nitro groups is 1. The lowest BCUT2D eigenvalue weighted by Crippen LogP contribution is -2.67. The lowest BCUT2D eigenvalue weighted by molar-refractivity contribution is -0.385. The number of ether oxygens (including phenoxy) is 10. The van der Waals surface area contributed by atoms with Gasteiger partial charge in [0.05, 0.1) is 11.5 Å². The number of carbonyl (C=O) groups is 4. The van der Waals surface area contributed by atoms with E-state index in [1.165, 1.54) is 24.3 Å². The van der Waals surface area contributed by atoms with Crippen LogP contribution in [0.5, 0.6) is 5.75 Å². The van der Waals surface area contributed by atoms with Crippen LogP contribution in [0.3, 0.4) is 0 Å². The van der Waals surface area contributed by atoms with Crippen LogP contribution in [0.2, 0.25) is 0 Å². The summed E-state index contributed by atoms with van der Waals surface area (Å²) in [5.74, 6) is -3.17. The Balaban J connectivity index is 1.50. The smallest absolute Gasteiger partial charge is 0.303 e.